The van der Waals surface area contributed by atoms with Gasteiger partial charge in [-0.25, -0.2) is 27.3 Å². The van der Waals surface area contributed by atoms with Gasteiger partial charge in [-0.15, -0.1) is 0 Å². The molecule has 0 fully saturated rings. The summed E-state index contributed by atoms with van der Waals surface area (Å²) in [4.78, 5) is 18.5. The van der Waals surface area contributed by atoms with E-state index in [0.717, 1.165) is 47.6 Å². The zero-order chi connectivity index (χ0) is 30.6. The summed E-state index contributed by atoms with van der Waals surface area (Å²) in [7, 11) is 0.524. The second-order valence-corrected chi connectivity index (χ2v) is 12.2. The molecule has 1 aromatic heterocycles. The van der Waals surface area contributed by atoms with E-state index in [1.54, 1.807) is 32.4 Å². The van der Waals surface area contributed by atoms with Gasteiger partial charge in [0.25, 0.3) is 10.0 Å². The Hall–Kier alpha value is -4.48. The van der Waals surface area contributed by atoms with Crippen molar-refractivity contribution >= 4 is 21.7 Å². The van der Waals surface area contributed by atoms with Gasteiger partial charge in [0.1, 0.15) is 23.1 Å². The highest BCUT2D eigenvalue weighted by Gasteiger charge is 2.27. The van der Waals surface area contributed by atoms with E-state index in [4.69, 9.17) is 9.47 Å². The van der Waals surface area contributed by atoms with Crippen molar-refractivity contribution < 1.29 is 27.1 Å². The Morgan fingerprint density at radius 3 is 2.58 bits per heavy atom. The number of ether oxygens (including phenoxy) is 2. The van der Waals surface area contributed by atoms with Crippen molar-refractivity contribution in [2.45, 2.75) is 37.3 Å². The van der Waals surface area contributed by atoms with E-state index in [1.165, 1.54) is 13.2 Å². The number of nitrogens with zero attached hydrogens (tertiary/aromatic N) is 2. The lowest BCUT2D eigenvalue weighted by Crippen LogP contribution is -2.35. The van der Waals surface area contributed by atoms with E-state index in [-0.39, 0.29) is 18.9 Å². The minimum atomic E-state index is -4.60. The number of rotatable bonds is 10. The van der Waals surface area contributed by atoms with E-state index >= 15 is 4.39 Å². The Kier molecular flexibility index (Phi) is 8.93. The Bertz CT molecular complexity index is 1750. The maximum Gasteiger partial charge on any atom is 0.333 e. The molecule has 2 N–H and O–H groups in total. The molecule has 3 aromatic carbocycles. The third-order valence-corrected chi connectivity index (χ3v) is 8.48. The van der Waals surface area contributed by atoms with Crippen molar-refractivity contribution in [3.63, 3.8) is 0 Å². The number of carbonyl (C=O) groups is 1. The Balaban J connectivity index is 1.42. The molecule has 0 spiro atoms. The number of methoxy groups -OCH3 is 1. The first-order valence-corrected chi connectivity index (χ1v) is 15.3. The molecule has 0 bridgehead atoms. The van der Waals surface area contributed by atoms with Crippen LogP contribution in [-0.4, -0.2) is 45.5 Å². The zero-order valence-corrected chi connectivity index (χ0v) is 25.0. The lowest BCUT2D eigenvalue weighted by atomic mass is 9.98. The number of hydrogen-bond donors (Lipinski definition) is 2. The molecular formula is C32H33FN4O5S. The Morgan fingerprint density at radius 1 is 1.05 bits per heavy atom. The van der Waals surface area contributed by atoms with Crippen LogP contribution in [0.5, 0.6) is 11.6 Å². The van der Waals surface area contributed by atoms with Gasteiger partial charge in [-0.3, -0.25) is 0 Å². The minimum Gasteiger partial charge on any atom is -0.488 e. The molecule has 0 radical (unpaired) electrons. The van der Waals surface area contributed by atoms with Gasteiger partial charge in [-0.05, 0) is 67.7 Å². The highest BCUT2D eigenvalue weighted by molar-refractivity contribution is 7.90. The van der Waals surface area contributed by atoms with Crippen LogP contribution in [0, 0.1) is 5.82 Å². The van der Waals surface area contributed by atoms with E-state index in [0.29, 0.717) is 22.7 Å². The third-order valence-electron chi connectivity index (χ3n) is 7.13. The fraction of sp³-hybridized carbons (Fsp3) is 0.250. The number of anilines is 1. The van der Waals surface area contributed by atoms with Crippen LogP contribution < -0.4 is 19.5 Å². The number of carbonyl (C=O) groups excluding carboxylic acids is 1. The molecule has 0 aliphatic heterocycles. The van der Waals surface area contributed by atoms with E-state index in [1.807, 2.05) is 52.1 Å². The van der Waals surface area contributed by atoms with Crippen molar-refractivity contribution in [2.24, 2.45) is 0 Å². The third kappa shape index (κ3) is 6.95. The Morgan fingerprint density at radius 2 is 1.84 bits per heavy atom. The number of halogens is 1. The average Bonchev–Trinajstić information content (AvgIpc) is 3.47. The van der Waals surface area contributed by atoms with Gasteiger partial charge >= 0.3 is 6.03 Å². The molecule has 1 aliphatic carbocycles. The topological polar surface area (TPSA) is 110 Å². The quantitative estimate of drug-likeness (QED) is 0.245. The SMILES string of the molecule is COc1cc(-c2ccc3c(c2NC(=O)NS(=O)(=O)c2cc(CN(C)C)c(OCc4ccccc4)cc2F)CCC3)ccn1. The van der Waals surface area contributed by atoms with Crippen LogP contribution in [0.2, 0.25) is 0 Å². The maximum atomic E-state index is 15.3. The van der Waals surface area contributed by atoms with Crippen LogP contribution in [0.4, 0.5) is 14.9 Å². The van der Waals surface area contributed by atoms with Gasteiger partial charge in [-0.1, -0.05) is 42.5 Å². The largest absolute Gasteiger partial charge is 0.488 e. The smallest absolute Gasteiger partial charge is 0.333 e. The number of urea groups is 1. The number of hydrogen-bond acceptors (Lipinski definition) is 7. The van der Waals surface area contributed by atoms with Gasteiger partial charge in [0, 0.05) is 36.0 Å². The van der Waals surface area contributed by atoms with Gasteiger partial charge in [0.15, 0.2) is 0 Å². The van der Waals surface area contributed by atoms with Crippen LogP contribution >= 0.6 is 0 Å². The summed E-state index contributed by atoms with van der Waals surface area (Å²) in [6, 6.07) is 18.0. The highest BCUT2D eigenvalue weighted by atomic mass is 32.2. The molecule has 2 amide bonds. The van der Waals surface area contributed by atoms with Gasteiger partial charge in [0.05, 0.1) is 12.8 Å². The molecular weight excluding hydrogens is 571 g/mol. The summed E-state index contributed by atoms with van der Waals surface area (Å²) in [5, 5.41) is 2.74. The molecule has 9 nitrogen and oxygen atoms in total. The molecule has 43 heavy (non-hydrogen) atoms. The van der Waals surface area contributed by atoms with Crippen LogP contribution in [0.25, 0.3) is 11.1 Å². The summed E-state index contributed by atoms with van der Waals surface area (Å²) in [5.74, 6) is -0.414. The number of amides is 2. The zero-order valence-electron chi connectivity index (χ0n) is 24.2. The minimum absolute atomic E-state index is 0.181. The summed E-state index contributed by atoms with van der Waals surface area (Å²) < 4.78 is 55.2. The molecule has 224 valence electrons. The molecule has 0 saturated carbocycles. The molecule has 1 heterocycles. The predicted octanol–water partition coefficient (Wildman–Crippen LogP) is 5.54. The van der Waals surface area contributed by atoms with Crippen molar-refractivity contribution in [1.29, 1.82) is 0 Å². The van der Waals surface area contributed by atoms with Gasteiger partial charge in [-0.2, -0.15) is 0 Å². The molecule has 0 unspecified atom stereocenters. The highest BCUT2D eigenvalue weighted by Crippen LogP contribution is 2.38. The first kappa shape index (κ1) is 30.0. The number of benzene rings is 3. The lowest BCUT2D eigenvalue weighted by molar-refractivity contribution is 0.256. The summed E-state index contributed by atoms with van der Waals surface area (Å²) in [5.41, 5.74) is 5.27. The summed E-state index contributed by atoms with van der Waals surface area (Å²) >= 11 is 0. The monoisotopic (exact) mass is 604 g/mol. The first-order chi connectivity index (χ1) is 20.6. The number of sulfonamides is 1. The lowest BCUT2D eigenvalue weighted by Gasteiger charge is -2.19. The molecule has 1 aliphatic rings. The molecule has 4 aromatic rings. The van der Waals surface area contributed by atoms with E-state index in [2.05, 4.69) is 10.3 Å². The van der Waals surface area contributed by atoms with E-state index < -0.39 is 26.8 Å². The second kappa shape index (κ2) is 12.8. The molecule has 0 saturated heterocycles. The van der Waals surface area contributed by atoms with Crippen LogP contribution in [0.3, 0.4) is 0 Å². The van der Waals surface area contributed by atoms with Crippen LogP contribution in [-0.2, 0) is 36.0 Å². The second-order valence-electron chi connectivity index (χ2n) is 10.5. The van der Waals surface area contributed by atoms with Crippen LogP contribution in [0.15, 0.2) is 77.8 Å². The number of nitrogens with one attached hydrogen (secondary N) is 2. The van der Waals surface area contributed by atoms with Gasteiger partial charge in [0.2, 0.25) is 5.88 Å². The molecule has 11 heteroatoms. The normalized spacial score (nSPS) is 12.6. The summed E-state index contributed by atoms with van der Waals surface area (Å²) in [6.07, 6.45) is 4.08. The van der Waals surface area contributed by atoms with Crippen molar-refractivity contribution in [2.75, 3.05) is 26.5 Å². The maximum absolute atomic E-state index is 15.3. The first-order valence-electron chi connectivity index (χ1n) is 13.8. The van der Waals surface area contributed by atoms with Gasteiger partial charge < -0.3 is 19.7 Å². The fourth-order valence-electron chi connectivity index (χ4n) is 5.17. The number of aromatic nitrogens is 1. The van der Waals surface area contributed by atoms with Crippen molar-refractivity contribution in [3.8, 4) is 22.8 Å². The number of aryl methyl sites for hydroxylation is 1. The molecule has 5 rings (SSSR count). The molecule has 0 atom stereocenters. The standard InChI is InChI=1S/C32H33FN4O5S/c1-37(2)19-24-16-29(27(33)18-28(24)42-20-21-8-5-4-6-9-21)43(39,40)36-32(38)35-31-25-11-7-10-22(25)12-13-26(31)23-14-15-34-30(17-23)41-3/h4-6,8-9,12-18H,7,10-11,19-20H2,1-3H3,(H2,35,36,38). The Labute approximate surface area is 250 Å². The fourth-order valence-corrected chi connectivity index (χ4v) is 6.19. The number of pyridine rings is 1. The van der Waals surface area contributed by atoms with E-state index in [9.17, 15) is 13.2 Å². The summed E-state index contributed by atoms with van der Waals surface area (Å²) in [6.45, 7) is 0.467. The predicted molar refractivity (Wildman–Crippen MR) is 162 cm³/mol. The van der Waals surface area contributed by atoms with Crippen molar-refractivity contribution in [3.05, 3.63) is 101 Å². The number of fused-ring (bicyclic) bond motifs is 1. The van der Waals surface area contributed by atoms with Crippen LogP contribution in [0.1, 0.15) is 28.7 Å². The van der Waals surface area contributed by atoms with Crippen molar-refractivity contribution in [1.82, 2.24) is 14.6 Å². The average molecular weight is 605 g/mol.